The summed E-state index contributed by atoms with van der Waals surface area (Å²) in [7, 11) is 3.05. The predicted octanol–water partition coefficient (Wildman–Crippen LogP) is 3.84. The van der Waals surface area contributed by atoms with Crippen LogP contribution in [0.2, 0.25) is 0 Å². The number of amides is 2. The van der Waals surface area contributed by atoms with Crippen LogP contribution in [0, 0.1) is 0 Å². The molecule has 2 aromatic carbocycles. The van der Waals surface area contributed by atoms with Crippen LogP contribution in [0.1, 0.15) is 30.9 Å². The topological polar surface area (TPSA) is 76.1 Å². The van der Waals surface area contributed by atoms with Crippen LogP contribution in [0.15, 0.2) is 47.4 Å². The number of nitrogens with zero attached hydrogens (tertiary/aromatic N) is 1. The van der Waals surface area contributed by atoms with E-state index in [0.717, 1.165) is 5.56 Å². The van der Waals surface area contributed by atoms with Crippen molar-refractivity contribution in [1.82, 2.24) is 0 Å². The SMILES string of the molecule is COc1ccc(C2=C(SCCO)C(=O)N(c3ccc(C(C)C)cc3)C2=O)cc1OC. The lowest BCUT2D eigenvalue weighted by Gasteiger charge is -2.16. The molecule has 1 aliphatic rings. The van der Waals surface area contributed by atoms with Crippen LogP contribution in [0.4, 0.5) is 5.69 Å². The number of hydrogen-bond donors (Lipinski definition) is 1. The third-order valence-electron chi connectivity index (χ3n) is 4.87. The largest absolute Gasteiger partial charge is 0.493 e. The van der Waals surface area contributed by atoms with Crippen LogP contribution >= 0.6 is 11.8 Å². The summed E-state index contributed by atoms with van der Waals surface area (Å²) in [4.78, 5) is 28.1. The van der Waals surface area contributed by atoms with Gasteiger partial charge in [0.25, 0.3) is 11.8 Å². The number of carbonyl (C=O) groups excluding carboxylic acids is 2. The van der Waals surface area contributed by atoms with Crippen LogP contribution in [0.3, 0.4) is 0 Å². The Morgan fingerprint density at radius 1 is 0.967 bits per heavy atom. The van der Waals surface area contributed by atoms with Gasteiger partial charge in [-0.1, -0.05) is 32.0 Å². The van der Waals surface area contributed by atoms with Crippen molar-refractivity contribution in [1.29, 1.82) is 0 Å². The van der Waals surface area contributed by atoms with E-state index in [4.69, 9.17) is 9.47 Å². The minimum absolute atomic E-state index is 0.0993. The first-order valence-corrected chi connectivity index (χ1v) is 10.6. The monoisotopic (exact) mass is 427 g/mol. The number of aliphatic hydroxyl groups excluding tert-OH is 1. The molecule has 0 aliphatic carbocycles. The second-order valence-corrected chi connectivity index (χ2v) is 8.14. The van der Waals surface area contributed by atoms with Gasteiger partial charge in [-0.05, 0) is 41.3 Å². The molecule has 0 saturated heterocycles. The number of ether oxygens (including phenoxy) is 2. The average molecular weight is 428 g/mol. The molecule has 1 N–H and O–H groups in total. The molecule has 0 bridgehead atoms. The molecular formula is C23H25NO5S. The number of thioether (sulfide) groups is 1. The van der Waals surface area contributed by atoms with Gasteiger partial charge < -0.3 is 14.6 Å². The molecule has 2 amide bonds. The van der Waals surface area contributed by atoms with Crippen molar-refractivity contribution in [2.45, 2.75) is 19.8 Å². The van der Waals surface area contributed by atoms with E-state index in [1.165, 1.54) is 30.9 Å². The molecule has 158 valence electrons. The van der Waals surface area contributed by atoms with Gasteiger partial charge in [-0.3, -0.25) is 9.59 Å². The smallest absolute Gasteiger partial charge is 0.272 e. The minimum Gasteiger partial charge on any atom is -0.493 e. The van der Waals surface area contributed by atoms with Gasteiger partial charge in [0.15, 0.2) is 11.5 Å². The van der Waals surface area contributed by atoms with Gasteiger partial charge in [0, 0.05) is 5.75 Å². The molecule has 1 aliphatic heterocycles. The Balaban J connectivity index is 2.06. The van der Waals surface area contributed by atoms with Gasteiger partial charge in [-0.2, -0.15) is 0 Å². The summed E-state index contributed by atoms with van der Waals surface area (Å²) in [6.07, 6.45) is 0. The molecule has 1 heterocycles. The number of imide groups is 1. The summed E-state index contributed by atoms with van der Waals surface area (Å²) >= 11 is 1.17. The summed E-state index contributed by atoms with van der Waals surface area (Å²) < 4.78 is 10.6. The van der Waals surface area contributed by atoms with Gasteiger partial charge in [-0.15, -0.1) is 11.8 Å². The highest BCUT2D eigenvalue weighted by atomic mass is 32.2. The highest BCUT2D eigenvalue weighted by molar-refractivity contribution is 8.04. The number of rotatable bonds is 8. The van der Waals surface area contributed by atoms with E-state index < -0.39 is 5.91 Å². The maximum Gasteiger partial charge on any atom is 0.272 e. The van der Waals surface area contributed by atoms with Crippen LogP contribution in [0.25, 0.3) is 5.57 Å². The lowest BCUT2D eigenvalue weighted by atomic mass is 10.0. The lowest BCUT2D eigenvalue weighted by Crippen LogP contribution is -2.31. The van der Waals surface area contributed by atoms with E-state index in [0.29, 0.717) is 44.9 Å². The summed E-state index contributed by atoms with van der Waals surface area (Å²) in [5.41, 5.74) is 2.51. The number of aliphatic hydroxyl groups is 1. The standard InChI is InChI=1S/C23H25NO5S/c1-14(2)15-5-8-17(9-6-15)24-22(26)20(21(23(24)27)30-12-11-25)16-7-10-18(28-3)19(13-16)29-4/h5-10,13-14,25H,11-12H2,1-4H3. The summed E-state index contributed by atoms with van der Waals surface area (Å²) in [5.74, 6) is 0.870. The maximum absolute atomic E-state index is 13.4. The number of hydrogen-bond acceptors (Lipinski definition) is 6. The fraction of sp³-hybridized carbons (Fsp3) is 0.304. The molecule has 0 spiro atoms. The Bertz CT molecular complexity index is 982. The van der Waals surface area contributed by atoms with Crippen molar-refractivity contribution in [3.05, 3.63) is 58.5 Å². The molecule has 0 radical (unpaired) electrons. The predicted molar refractivity (Wildman–Crippen MR) is 119 cm³/mol. The zero-order valence-electron chi connectivity index (χ0n) is 17.5. The Labute approximate surface area is 180 Å². The summed E-state index contributed by atoms with van der Waals surface area (Å²) in [6, 6.07) is 12.5. The minimum atomic E-state index is -0.398. The Morgan fingerprint density at radius 3 is 2.20 bits per heavy atom. The Hall–Kier alpha value is -2.77. The number of carbonyl (C=O) groups is 2. The van der Waals surface area contributed by atoms with E-state index in [1.54, 1.807) is 30.3 Å². The van der Waals surface area contributed by atoms with E-state index in [2.05, 4.69) is 13.8 Å². The van der Waals surface area contributed by atoms with Gasteiger partial charge in [0.1, 0.15) is 0 Å². The summed E-state index contributed by atoms with van der Waals surface area (Å²) in [6.45, 7) is 4.07. The molecule has 0 saturated carbocycles. The van der Waals surface area contributed by atoms with Crippen molar-refractivity contribution in [3.8, 4) is 11.5 Å². The average Bonchev–Trinajstić information content (AvgIpc) is 3.01. The highest BCUT2D eigenvalue weighted by Crippen LogP contribution is 2.40. The van der Waals surface area contributed by atoms with Crippen LogP contribution in [-0.4, -0.2) is 43.5 Å². The van der Waals surface area contributed by atoms with Crippen LogP contribution < -0.4 is 14.4 Å². The number of anilines is 1. The molecular weight excluding hydrogens is 402 g/mol. The van der Waals surface area contributed by atoms with Gasteiger partial charge >= 0.3 is 0 Å². The number of methoxy groups -OCH3 is 2. The third-order valence-corrected chi connectivity index (χ3v) is 5.92. The second kappa shape index (κ2) is 9.36. The molecule has 0 atom stereocenters. The van der Waals surface area contributed by atoms with Crippen LogP contribution in [-0.2, 0) is 9.59 Å². The molecule has 0 aromatic heterocycles. The highest BCUT2D eigenvalue weighted by Gasteiger charge is 2.40. The van der Waals surface area contributed by atoms with E-state index >= 15 is 0 Å². The van der Waals surface area contributed by atoms with E-state index in [1.807, 2.05) is 12.1 Å². The molecule has 2 aromatic rings. The zero-order valence-corrected chi connectivity index (χ0v) is 18.3. The van der Waals surface area contributed by atoms with Crippen molar-refractivity contribution in [2.24, 2.45) is 0 Å². The Morgan fingerprint density at radius 2 is 1.63 bits per heavy atom. The van der Waals surface area contributed by atoms with Crippen molar-refractivity contribution in [2.75, 3.05) is 31.5 Å². The number of benzene rings is 2. The molecule has 7 heteroatoms. The van der Waals surface area contributed by atoms with Crippen molar-refractivity contribution >= 4 is 34.8 Å². The molecule has 0 fully saturated rings. The quantitative estimate of drug-likeness (QED) is 0.645. The van der Waals surface area contributed by atoms with Gasteiger partial charge in [-0.25, -0.2) is 4.90 Å². The fourth-order valence-corrected chi connectivity index (χ4v) is 4.14. The van der Waals surface area contributed by atoms with Gasteiger partial charge in [0.05, 0.1) is 37.0 Å². The molecule has 6 nitrogen and oxygen atoms in total. The summed E-state index contributed by atoms with van der Waals surface area (Å²) in [5, 5.41) is 9.26. The molecule has 3 rings (SSSR count). The zero-order chi connectivity index (χ0) is 21.8. The Kier molecular flexibility index (Phi) is 6.84. The van der Waals surface area contributed by atoms with E-state index in [9.17, 15) is 14.7 Å². The first kappa shape index (κ1) is 21.9. The van der Waals surface area contributed by atoms with Crippen molar-refractivity contribution in [3.63, 3.8) is 0 Å². The fourth-order valence-electron chi connectivity index (χ4n) is 3.28. The molecule has 30 heavy (non-hydrogen) atoms. The lowest BCUT2D eigenvalue weighted by molar-refractivity contribution is -0.119. The molecule has 0 unspecified atom stereocenters. The maximum atomic E-state index is 13.4. The normalized spacial score (nSPS) is 14.1. The van der Waals surface area contributed by atoms with Crippen molar-refractivity contribution < 1.29 is 24.2 Å². The second-order valence-electron chi connectivity index (χ2n) is 7.04. The third kappa shape index (κ3) is 4.08. The first-order valence-electron chi connectivity index (χ1n) is 9.62. The first-order chi connectivity index (χ1) is 14.4. The van der Waals surface area contributed by atoms with Gasteiger partial charge in [0.2, 0.25) is 0 Å². The van der Waals surface area contributed by atoms with E-state index in [-0.39, 0.29) is 12.5 Å². The van der Waals surface area contributed by atoms with Crippen LogP contribution in [0.5, 0.6) is 11.5 Å².